The molecule has 1 fully saturated rings. The van der Waals surface area contributed by atoms with Crippen LogP contribution in [-0.2, 0) is 15.9 Å². The molecule has 2 N–H and O–H groups in total. The third-order valence-corrected chi connectivity index (χ3v) is 4.15. The molecule has 3 nitrogen and oxygen atoms in total. The molecule has 0 amide bonds. The highest BCUT2D eigenvalue weighted by atomic mass is 35.5. The number of benzene rings is 1. The smallest absolute Gasteiger partial charge is 0.399 e. The largest absolute Gasteiger partial charge is 0.494 e. The highest BCUT2D eigenvalue weighted by molar-refractivity contribution is 6.62. The first-order chi connectivity index (χ1) is 9.18. The number of halogens is 3. The van der Waals surface area contributed by atoms with Crippen molar-refractivity contribution in [3.8, 4) is 0 Å². The third kappa shape index (κ3) is 3.39. The normalized spacial score (nSPS) is 19.7. The molecule has 0 aliphatic carbocycles. The molecule has 21 heavy (non-hydrogen) atoms. The van der Waals surface area contributed by atoms with Crippen molar-refractivity contribution in [3.63, 3.8) is 0 Å². The van der Waals surface area contributed by atoms with Crippen molar-refractivity contribution >= 4 is 25.0 Å². The summed E-state index contributed by atoms with van der Waals surface area (Å²) in [5.74, 6) is 0. The van der Waals surface area contributed by atoms with E-state index in [1.807, 2.05) is 27.7 Å². The Bertz CT molecular complexity index is 496. The van der Waals surface area contributed by atoms with Crippen LogP contribution in [0.4, 0.5) is 8.78 Å². The second kappa shape index (κ2) is 6.20. The van der Waals surface area contributed by atoms with Crippen LogP contribution in [0.25, 0.3) is 0 Å². The maximum absolute atomic E-state index is 13.0. The molecule has 118 valence electrons. The molecule has 0 radical (unpaired) electrons. The molecular weight excluding hydrogens is 298 g/mol. The monoisotopic (exact) mass is 319 g/mol. The molecule has 1 aliphatic heterocycles. The van der Waals surface area contributed by atoms with Crippen LogP contribution in [0.2, 0.25) is 0 Å². The van der Waals surface area contributed by atoms with Gasteiger partial charge in [-0.25, -0.2) is 8.78 Å². The van der Waals surface area contributed by atoms with E-state index >= 15 is 0 Å². The van der Waals surface area contributed by atoms with Crippen molar-refractivity contribution in [2.45, 2.75) is 51.9 Å². The van der Waals surface area contributed by atoms with Crippen LogP contribution >= 0.6 is 12.4 Å². The fraction of sp³-hybridized carbons (Fsp3) is 0.571. The maximum atomic E-state index is 13.0. The van der Waals surface area contributed by atoms with E-state index in [4.69, 9.17) is 15.0 Å². The molecule has 2 rings (SSSR count). The van der Waals surface area contributed by atoms with Crippen LogP contribution in [-0.4, -0.2) is 18.3 Å². The van der Waals surface area contributed by atoms with Gasteiger partial charge in [0.25, 0.3) is 6.43 Å². The summed E-state index contributed by atoms with van der Waals surface area (Å²) >= 11 is 0. The van der Waals surface area contributed by atoms with Gasteiger partial charge < -0.3 is 15.0 Å². The minimum absolute atomic E-state index is 0. The Hall–Kier alpha value is -0.685. The molecule has 1 aromatic carbocycles. The van der Waals surface area contributed by atoms with Crippen molar-refractivity contribution in [1.82, 2.24) is 0 Å². The highest BCUT2D eigenvalue weighted by Gasteiger charge is 2.51. The Morgan fingerprint density at radius 1 is 1.14 bits per heavy atom. The number of hydrogen-bond acceptors (Lipinski definition) is 3. The van der Waals surface area contributed by atoms with Crippen LogP contribution in [0.5, 0.6) is 0 Å². The second-order valence-electron chi connectivity index (χ2n) is 6.05. The molecule has 7 heteroatoms. The minimum Gasteiger partial charge on any atom is -0.399 e. The summed E-state index contributed by atoms with van der Waals surface area (Å²) in [6.07, 6.45) is -2.56. The second-order valence-corrected chi connectivity index (χ2v) is 6.05. The zero-order chi connectivity index (χ0) is 15.1. The van der Waals surface area contributed by atoms with Gasteiger partial charge in [0.1, 0.15) is 0 Å². The van der Waals surface area contributed by atoms with Gasteiger partial charge >= 0.3 is 7.12 Å². The zero-order valence-corrected chi connectivity index (χ0v) is 13.5. The van der Waals surface area contributed by atoms with Gasteiger partial charge in [-0.3, -0.25) is 0 Å². The summed E-state index contributed by atoms with van der Waals surface area (Å²) < 4.78 is 37.8. The molecule has 0 unspecified atom stereocenters. The lowest BCUT2D eigenvalue weighted by Crippen LogP contribution is -2.41. The van der Waals surface area contributed by atoms with Crippen molar-refractivity contribution in [1.29, 1.82) is 0 Å². The topological polar surface area (TPSA) is 44.5 Å². The summed E-state index contributed by atoms with van der Waals surface area (Å²) in [6, 6.07) is 4.77. The fourth-order valence-electron chi connectivity index (χ4n) is 2.13. The first kappa shape index (κ1) is 18.4. The lowest BCUT2D eigenvalue weighted by Gasteiger charge is -2.32. The van der Waals surface area contributed by atoms with E-state index in [0.29, 0.717) is 11.0 Å². The minimum atomic E-state index is -2.56. The quantitative estimate of drug-likeness (QED) is 0.871. The fourth-order valence-corrected chi connectivity index (χ4v) is 2.13. The van der Waals surface area contributed by atoms with Gasteiger partial charge in [0.2, 0.25) is 0 Å². The van der Waals surface area contributed by atoms with Crippen molar-refractivity contribution in [3.05, 3.63) is 29.3 Å². The van der Waals surface area contributed by atoms with Crippen LogP contribution < -0.4 is 11.2 Å². The summed E-state index contributed by atoms with van der Waals surface area (Å²) in [7, 11) is -0.635. The first-order valence-electron chi connectivity index (χ1n) is 6.64. The molecule has 0 aromatic heterocycles. The van der Waals surface area contributed by atoms with E-state index in [0.717, 1.165) is 0 Å². The zero-order valence-electron chi connectivity index (χ0n) is 12.7. The highest BCUT2D eigenvalue weighted by Crippen LogP contribution is 2.36. The summed E-state index contributed by atoms with van der Waals surface area (Å²) in [5.41, 5.74) is 5.48. The lowest BCUT2D eigenvalue weighted by atomic mass is 9.77. The Balaban J connectivity index is 0.00000220. The maximum Gasteiger partial charge on any atom is 0.494 e. The summed E-state index contributed by atoms with van der Waals surface area (Å²) in [6.45, 7) is 7.79. The van der Waals surface area contributed by atoms with Gasteiger partial charge in [-0.15, -0.1) is 12.4 Å². The van der Waals surface area contributed by atoms with Crippen molar-refractivity contribution in [2.24, 2.45) is 5.73 Å². The van der Waals surface area contributed by atoms with E-state index in [9.17, 15) is 8.78 Å². The number of hydrogen-bond donors (Lipinski definition) is 1. The van der Waals surface area contributed by atoms with Gasteiger partial charge in [-0.1, -0.05) is 18.2 Å². The molecule has 0 atom stereocenters. The molecule has 0 spiro atoms. The van der Waals surface area contributed by atoms with E-state index in [-0.39, 0.29) is 24.5 Å². The summed E-state index contributed by atoms with van der Waals surface area (Å²) in [5, 5.41) is 0. The predicted octanol–water partition coefficient (Wildman–Crippen LogP) is 2.80. The first-order valence-corrected chi connectivity index (χ1v) is 6.64. The molecule has 1 aromatic rings. The Morgan fingerprint density at radius 3 is 2.10 bits per heavy atom. The van der Waals surface area contributed by atoms with Crippen LogP contribution in [0.1, 0.15) is 45.2 Å². The average Bonchev–Trinajstić information content (AvgIpc) is 2.57. The molecule has 1 aliphatic rings. The van der Waals surface area contributed by atoms with E-state index in [2.05, 4.69) is 0 Å². The Labute approximate surface area is 130 Å². The van der Waals surface area contributed by atoms with Gasteiger partial charge in [-0.2, -0.15) is 0 Å². The number of alkyl halides is 2. The van der Waals surface area contributed by atoms with E-state index in [1.165, 1.54) is 6.07 Å². The van der Waals surface area contributed by atoms with E-state index in [1.54, 1.807) is 12.1 Å². The van der Waals surface area contributed by atoms with Crippen LogP contribution in [0.15, 0.2) is 18.2 Å². The molecule has 0 saturated carbocycles. The van der Waals surface area contributed by atoms with Crippen LogP contribution in [0, 0.1) is 0 Å². The van der Waals surface area contributed by atoms with Gasteiger partial charge in [0.15, 0.2) is 0 Å². The van der Waals surface area contributed by atoms with Crippen molar-refractivity contribution in [2.75, 3.05) is 0 Å². The van der Waals surface area contributed by atoms with Crippen LogP contribution in [0.3, 0.4) is 0 Å². The summed E-state index contributed by atoms with van der Waals surface area (Å²) in [4.78, 5) is 0. The number of nitrogens with two attached hydrogens (primary N) is 1. The van der Waals surface area contributed by atoms with E-state index < -0.39 is 24.7 Å². The predicted molar refractivity (Wildman–Crippen MR) is 82.3 cm³/mol. The van der Waals surface area contributed by atoms with Gasteiger partial charge in [-0.05, 0) is 38.7 Å². The molecule has 1 heterocycles. The number of rotatable bonds is 3. The Morgan fingerprint density at radius 2 is 1.67 bits per heavy atom. The van der Waals surface area contributed by atoms with Gasteiger partial charge in [0.05, 0.1) is 11.2 Å². The Kier molecular flexibility index (Phi) is 5.43. The molecule has 1 saturated heterocycles. The third-order valence-electron chi connectivity index (χ3n) is 4.15. The molecular formula is C14H21BClF2NO2. The standard InChI is InChI=1S/C14H20BF2NO2.ClH/c1-13(2)14(3,4)20-15(19-13)10-6-5-9(8-18)11(7-10)12(16)17;/h5-7,12H,8,18H2,1-4H3;1H. The molecule has 0 bridgehead atoms. The van der Waals surface area contributed by atoms with Gasteiger partial charge in [0, 0.05) is 12.1 Å². The van der Waals surface area contributed by atoms with Crippen molar-refractivity contribution < 1.29 is 18.1 Å². The SMILES string of the molecule is CC1(C)OB(c2ccc(CN)c(C(F)F)c2)OC1(C)C.Cl. The average molecular weight is 320 g/mol. The lowest BCUT2D eigenvalue weighted by molar-refractivity contribution is 0.00578.